The quantitative estimate of drug-likeness (QED) is 0.397. The monoisotopic (exact) mass is 459 g/mol. The number of nitrogens with one attached hydrogen (secondary N) is 2. The fourth-order valence-electron chi connectivity index (χ4n) is 4.38. The maximum Gasteiger partial charge on any atom is 0.160 e. The topological polar surface area (TPSA) is 102 Å². The molecule has 7 nitrogen and oxygen atoms in total. The summed E-state index contributed by atoms with van der Waals surface area (Å²) in [5.41, 5.74) is 9.84. The van der Waals surface area contributed by atoms with Gasteiger partial charge in [0.05, 0.1) is 23.4 Å². The number of benzene rings is 1. The minimum absolute atomic E-state index is 0.239. The molecule has 34 heavy (non-hydrogen) atoms. The summed E-state index contributed by atoms with van der Waals surface area (Å²) in [7, 11) is 0. The fourth-order valence-corrected chi connectivity index (χ4v) is 4.38. The van der Waals surface area contributed by atoms with Crippen molar-refractivity contribution in [1.29, 1.82) is 0 Å². The number of rotatable bonds is 6. The van der Waals surface area contributed by atoms with Crippen LogP contribution in [0.5, 0.6) is 0 Å². The molecule has 0 bridgehead atoms. The maximum absolute atomic E-state index is 14.1. The van der Waals surface area contributed by atoms with Crippen LogP contribution >= 0.6 is 0 Å². The Kier molecular flexibility index (Phi) is 5.15. The normalized spacial score (nSPS) is 16.9. The Morgan fingerprint density at radius 1 is 1.06 bits per heavy atom. The zero-order valence-electron chi connectivity index (χ0n) is 18.3. The van der Waals surface area contributed by atoms with Crippen molar-refractivity contribution in [2.45, 2.75) is 24.8 Å². The van der Waals surface area contributed by atoms with E-state index < -0.39 is 11.6 Å². The van der Waals surface area contributed by atoms with Gasteiger partial charge in [0.1, 0.15) is 23.1 Å². The van der Waals surface area contributed by atoms with Gasteiger partial charge >= 0.3 is 0 Å². The molecule has 6 rings (SSSR count). The molecule has 1 saturated carbocycles. The standard InChI is InChI=1S/C25H23F2N7/c26-17-2-1-3-18(27)23(17)33-20-8-14(6-7-31-20)25-32-19-12-30-11-16(13-4-5-13)21(19)24(34-25)22(28)15-9-29-10-15/h1-3,6-8,11-13,15,22,29H,4-5,9-10,28H2,(H,31,33). The molecule has 172 valence electrons. The largest absolute Gasteiger partial charge is 0.335 e. The van der Waals surface area contributed by atoms with Gasteiger partial charge < -0.3 is 16.4 Å². The average molecular weight is 460 g/mol. The number of halogens is 2. The summed E-state index contributed by atoms with van der Waals surface area (Å²) in [5.74, 6) is 0.127. The van der Waals surface area contributed by atoms with Crippen molar-refractivity contribution in [3.05, 3.63) is 71.8 Å². The van der Waals surface area contributed by atoms with Gasteiger partial charge in [-0.25, -0.2) is 23.7 Å². The van der Waals surface area contributed by atoms with Crippen molar-refractivity contribution in [3.8, 4) is 11.4 Å². The summed E-state index contributed by atoms with van der Waals surface area (Å²) in [6.45, 7) is 1.70. The fraction of sp³-hybridized carbons (Fsp3) is 0.280. The van der Waals surface area contributed by atoms with Gasteiger partial charge in [-0.1, -0.05) is 6.07 Å². The number of aromatic nitrogens is 4. The summed E-state index contributed by atoms with van der Waals surface area (Å²) >= 11 is 0. The zero-order chi connectivity index (χ0) is 23.2. The van der Waals surface area contributed by atoms with Crippen LogP contribution in [0, 0.1) is 17.6 Å². The summed E-state index contributed by atoms with van der Waals surface area (Å²) in [5, 5.41) is 7.02. The van der Waals surface area contributed by atoms with Gasteiger partial charge in [0.25, 0.3) is 0 Å². The second-order valence-corrected chi connectivity index (χ2v) is 8.93. The van der Waals surface area contributed by atoms with Crippen molar-refractivity contribution in [2.24, 2.45) is 11.7 Å². The Balaban J connectivity index is 1.44. The summed E-state index contributed by atoms with van der Waals surface area (Å²) in [6, 6.07) is 6.89. The number of pyridine rings is 2. The highest BCUT2D eigenvalue weighted by molar-refractivity contribution is 5.86. The molecule has 4 heterocycles. The molecule has 1 aliphatic heterocycles. The molecule has 0 radical (unpaired) electrons. The molecule has 1 aliphatic carbocycles. The molecule has 2 aliphatic rings. The van der Waals surface area contributed by atoms with Crippen LogP contribution in [0.4, 0.5) is 20.3 Å². The van der Waals surface area contributed by atoms with E-state index in [-0.39, 0.29) is 17.5 Å². The van der Waals surface area contributed by atoms with Crippen LogP contribution in [0.1, 0.15) is 36.1 Å². The van der Waals surface area contributed by atoms with Crippen LogP contribution in [0.2, 0.25) is 0 Å². The van der Waals surface area contributed by atoms with Crippen molar-refractivity contribution in [1.82, 2.24) is 25.3 Å². The highest BCUT2D eigenvalue weighted by Gasteiger charge is 2.32. The van der Waals surface area contributed by atoms with Crippen LogP contribution < -0.4 is 16.4 Å². The number of nitrogens with zero attached hydrogens (tertiary/aromatic N) is 4. The van der Waals surface area contributed by atoms with Gasteiger partial charge in [-0.05, 0) is 48.6 Å². The van der Waals surface area contributed by atoms with Crippen molar-refractivity contribution in [2.75, 3.05) is 18.4 Å². The Labute approximate surface area is 194 Å². The van der Waals surface area contributed by atoms with Gasteiger partial charge in [-0.2, -0.15) is 0 Å². The molecule has 1 atom stereocenters. The molecule has 1 aromatic carbocycles. The lowest BCUT2D eigenvalue weighted by Crippen LogP contribution is -2.47. The predicted molar refractivity (Wildman–Crippen MR) is 125 cm³/mol. The van der Waals surface area contributed by atoms with Gasteiger partial charge in [0.15, 0.2) is 5.82 Å². The smallest absolute Gasteiger partial charge is 0.160 e. The Hall–Kier alpha value is -3.56. The maximum atomic E-state index is 14.1. The van der Waals surface area contributed by atoms with E-state index in [1.165, 1.54) is 18.2 Å². The summed E-state index contributed by atoms with van der Waals surface area (Å²) < 4.78 is 28.2. The molecule has 1 unspecified atom stereocenters. The predicted octanol–water partition coefficient (Wildman–Crippen LogP) is 4.21. The van der Waals surface area contributed by atoms with Crippen LogP contribution in [-0.4, -0.2) is 33.0 Å². The van der Waals surface area contributed by atoms with E-state index in [2.05, 4.69) is 20.6 Å². The van der Waals surface area contributed by atoms with Gasteiger partial charge in [0, 0.05) is 42.4 Å². The molecular weight excluding hydrogens is 436 g/mol. The molecule has 2 fully saturated rings. The van der Waals surface area contributed by atoms with E-state index in [4.69, 9.17) is 15.7 Å². The third-order valence-corrected chi connectivity index (χ3v) is 6.55. The van der Waals surface area contributed by atoms with Crippen LogP contribution in [0.15, 0.2) is 48.9 Å². The Morgan fingerprint density at radius 2 is 1.85 bits per heavy atom. The average Bonchev–Trinajstić information content (AvgIpc) is 3.65. The number of para-hydroxylation sites is 1. The molecule has 1 saturated heterocycles. The number of hydrogen-bond donors (Lipinski definition) is 3. The van der Waals surface area contributed by atoms with Crippen LogP contribution in [0.3, 0.4) is 0 Å². The third-order valence-electron chi connectivity index (χ3n) is 6.55. The first-order valence-electron chi connectivity index (χ1n) is 11.4. The van der Waals surface area contributed by atoms with E-state index in [1.807, 2.05) is 6.20 Å². The third kappa shape index (κ3) is 3.76. The molecule has 0 amide bonds. The lowest BCUT2D eigenvalue weighted by molar-refractivity contribution is 0.292. The SMILES string of the molecule is NC(c1nc(-c2ccnc(Nc3c(F)cccc3F)c2)nc2cncc(C3CC3)c12)C1CNC1. The first-order chi connectivity index (χ1) is 16.6. The van der Waals surface area contributed by atoms with Gasteiger partial charge in [-0.3, -0.25) is 4.98 Å². The Morgan fingerprint density at radius 3 is 2.56 bits per heavy atom. The number of nitrogens with two attached hydrogens (primary N) is 1. The minimum atomic E-state index is -0.699. The second-order valence-electron chi connectivity index (χ2n) is 8.93. The first kappa shape index (κ1) is 21.0. The molecule has 4 N–H and O–H groups in total. The van der Waals surface area contributed by atoms with Crippen LogP contribution in [0.25, 0.3) is 22.3 Å². The van der Waals surface area contributed by atoms with E-state index in [1.54, 1.807) is 24.5 Å². The summed E-state index contributed by atoms with van der Waals surface area (Å²) in [4.78, 5) is 18.4. The first-order valence-corrected chi connectivity index (χ1v) is 11.4. The highest BCUT2D eigenvalue weighted by atomic mass is 19.1. The van der Waals surface area contributed by atoms with Gasteiger partial charge in [-0.15, -0.1) is 0 Å². The van der Waals surface area contributed by atoms with Gasteiger partial charge in [0.2, 0.25) is 0 Å². The van der Waals surface area contributed by atoms with Crippen molar-refractivity contribution < 1.29 is 8.78 Å². The minimum Gasteiger partial charge on any atom is -0.335 e. The summed E-state index contributed by atoms with van der Waals surface area (Å²) in [6.07, 6.45) is 7.48. The number of anilines is 2. The molecule has 3 aromatic heterocycles. The second kappa shape index (κ2) is 8.34. The van der Waals surface area contributed by atoms with E-state index in [9.17, 15) is 8.78 Å². The lowest BCUT2D eigenvalue weighted by Gasteiger charge is -2.32. The van der Waals surface area contributed by atoms with E-state index >= 15 is 0 Å². The highest BCUT2D eigenvalue weighted by Crippen LogP contribution is 2.44. The molecule has 0 spiro atoms. The zero-order valence-corrected chi connectivity index (χ0v) is 18.3. The molecule has 9 heteroatoms. The molecular formula is C25H23F2N7. The number of fused-ring (bicyclic) bond motifs is 1. The van der Waals surface area contributed by atoms with Crippen molar-refractivity contribution in [3.63, 3.8) is 0 Å². The van der Waals surface area contributed by atoms with Crippen LogP contribution in [-0.2, 0) is 0 Å². The Bertz CT molecular complexity index is 1370. The molecule has 4 aromatic rings. The van der Waals surface area contributed by atoms with E-state index in [0.29, 0.717) is 23.2 Å². The van der Waals surface area contributed by atoms with Crippen molar-refractivity contribution >= 4 is 22.4 Å². The number of hydrogen-bond acceptors (Lipinski definition) is 7. The van der Waals surface area contributed by atoms with E-state index in [0.717, 1.165) is 48.1 Å². The lowest BCUT2D eigenvalue weighted by atomic mass is 9.89.